The molecule has 0 atom stereocenters. The number of hydrogen-bond donors (Lipinski definition) is 1. The Bertz CT molecular complexity index is 314. The summed E-state index contributed by atoms with van der Waals surface area (Å²) in [5.41, 5.74) is 0.651. The van der Waals surface area contributed by atoms with Crippen molar-refractivity contribution in [1.29, 1.82) is 0 Å². The summed E-state index contributed by atoms with van der Waals surface area (Å²) in [6.07, 6.45) is -2.77. The van der Waals surface area contributed by atoms with Crippen LogP contribution >= 0.6 is 0 Å². The Morgan fingerprint density at radius 1 is 1.47 bits per heavy atom. The monoisotopic (exact) mass is 220 g/mol. The van der Waals surface area contributed by atoms with Gasteiger partial charge in [0.05, 0.1) is 6.61 Å². The molecule has 0 aliphatic carbocycles. The van der Waals surface area contributed by atoms with E-state index in [2.05, 4.69) is 15.0 Å². The average molecular weight is 220 g/mol. The van der Waals surface area contributed by atoms with Crippen molar-refractivity contribution in [2.45, 2.75) is 12.8 Å². The molecule has 0 aliphatic heterocycles. The highest BCUT2D eigenvalue weighted by molar-refractivity contribution is 5.36. The molecule has 0 saturated carbocycles. The van der Waals surface area contributed by atoms with Crippen molar-refractivity contribution in [3.05, 3.63) is 23.9 Å². The molecule has 0 unspecified atom stereocenters. The van der Waals surface area contributed by atoms with Crippen molar-refractivity contribution in [2.24, 2.45) is 0 Å². The number of halogens is 3. The fourth-order valence-electron chi connectivity index (χ4n) is 0.985. The van der Waals surface area contributed by atoms with Crippen LogP contribution in [0.1, 0.15) is 5.56 Å². The molecule has 84 valence electrons. The van der Waals surface area contributed by atoms with Crippen LogP contribution in [0.15, 0.2) is 18.3 Å². The van der Waals surface area contributed by atoms with E-state index in [1.807, 2.05) is 0 Å². The van der Waals surface area contributed by atoms with E-state index in [-0.39, 0.29) is 6.61 Å². The fraction of sp³-hybridized carbons (Fsp3) is 0.444. The number of nitrogens with one attached hydrogen (secondary N) is 1. The minimum atomic E-state index is -4.28. The molecule has 0 radical (unpaired) electrons. The number of aromatic nitrogens is 1. The highest BCUT2D eigenvalue weighted by atomic mass is 19.4. The third kappa shape index (κ3) is 4.64. The second-order valence-electron chi connectivity index (χ2n) is 2.91. The number of hydrogen-bond acceptors (Lipinski definition) is 3. The molecule has 0 fully saturated rings. The van der Waals surface area contributed by atoms with Crippen molar-refractivity contribution in [1.82, 2.24) is 4.98 Å². The molecule has 0 saturated heterocycles. The summed E-state index contributed by atoms with van der Waals surface area (Å²) in [6.45, 7) is -1.30. The number of pyridine rings is 1. The number of alkyl halides is 3. The summed E-state index contributed by atoms with van der Waals surface area (Å²) in [5, 5.41) is 2.79. The second-order valence-corrected chi connectivity index (χ2v) is 2.91. The third-order valence-corrected chi connectivity index (χ3v) is 1.61. The van der Waals surface area contributed by atoms with Gasteiger partial charge >= 0.3 is 6.18 Å². The lowest BCUT2D eigenvalue weighted by molar-refractivity contribution is -0.176. The fourth-order valence-corrected chi connectivity index (χ4v) is 0.985. The Kier molecular flexibility index (Phi) is 3.90. The first-order valence-electron chi connectivity index (χ1n) is 4.28. The Hall–Kier alpha value is -1.30. The lowest BCUT2D eigenvalue weighted by Crippen LogP contribution is -2.16. The lowest BCUT2D eigenvalue weighted by Gasteiger charge is -2.08. The van der Waals surface area contributed by atoms with E-state index in [4.69, 9.17) is 0 Å². The van der Waals surface area contributed by atoms with Gasteiger partial charge in [-0.25, -0.2) is 4.98 Å². The summed E-state index contributed by atoms with van der Waals surface area (Å²) in [7, 11) is 1.68. The van der Waals surface area contributed by atoms with Crippen molar-refractivity contribution in [3.63, 3.8) is 0 Å². The van der Waals surface area contributed by atoms with Gasteiger partial charge in [0.15, 0.2) is 0 Å². The van der Waals surface area contributed by atoms with E-state index >= 15 is 0 Å². The minimum Gasteiger partial charge on any atom is -0.373 e. The second kappa shape index (κ2) is 4.97. The van der Waals surface area contributed by atoms with Gasteiger partial charge in [0.1, 0.15) is 12.4 Å². The predicted molar refractivity (Wildman–Crippen MR) is 49.5 cm³/mol. The predicted octanol–water partition coefficient (Wildman–Crippen LogP) is 2.20. The molecule has 0 bridgehead atoms. The molecule has 0 amide bonds. The quantitative estimate of drug-likeness (QED) is 0.844. The van der Waals surface area contributed by atoms with Crippen molar-refractivity contribution in [2.75, 3.05) is 19.0 Å². The highest BCUT2D eigenvalue weighted by Crippen LogP contribution is 2.16. The van der Waals surface area contributed by atoms with E-state index in [9.17, 15) is 13.2 Å². The van der Waals surface area contributed by atoms with E-state index in [0.29, 0.717) is 11.4 Å². The first-order chi connectivity index (χ1) is 7.01. The standard InChI is InChI=1S/C9H11F3N2O/c1-13-8-4-7(2-3-14-8)5-15-6-9(10,11)12/h2-4H,5-6H2,1H3,(H,13,14). The summed E-state index contributed by atoms with van der Waals surface area (Å²) in [4.78, 5) is 3.93. The van der Waals surface area contributed by atoms with Crippen LogP contribution in [0.5, 0.6) is 0 Å². The van der Waals surface area contributed by atoms with Crippen LogP contribution < -0.4 is 5.32 Å². The highest BCUT2D eigenvalue weighted by Gasteiger charge is 2.27. The average Bonchev–Trinajstić information content (AvgIpc) is 2.16. The zero-order valence-electron chi connectivity index (χ0n) is 8.14. The normalized spacial score (nSPS) is 11.5. The molecule has 6 heteroatoms. The Labute approximate surface area is 85.3 Å². The summed E-state index contributed by atoms with van der Waals surface area (Å²) < 4.78 is 39.8. The zero-order chi connectivity index (χ0) is 11.3. The maximum atomic E-state index is 11.8. The van der Waals surface area contributed by atoms with Crippen molar-refractivity contribution < 1.29 is 17.9 Å². The molecule has 1 heterocycles. The molecular weight excluding hydrogens is 209 g/mol. The van der Waals surface area contributed by atoms with Gasteiger partial charge in [0.25, 0.3) is 0 Å². The molecule has 3 nitrogen and oxygen atoms in total. The van der Waals surface area contributed by atoms with Crippen molar-refractivity contribution >= 4 is 5.82 Å². The van der Waals surface area contributed by atoms with Crippen LogP contribution in [0.2, 0.25) is 0 Å². The number of rotatable bonds is 4. The van der Waals surface area contributed by atoms with Crippen LogP contribution in [0.4, 0.5) is 19.0 Å². The van der Waals surface area contributed by atoms with Gasteiger partial charge < -0.3 is 10.1 Å². The Morgan fingerprint density at radius 3 is 2.80 bits per heavy atom. The first kappa shape index (κ1) is 11.8. The molecule has 1 N–H and O–H groups in total. The van der Waals surface area contributed by atoms with Gasteiger partial charge in [-0.3, -0.25) is 0 Å². The summed E-state index contributed by atoms with van der Waals surface area (Å²) in [5.74, 6) is 0.600. The zero-order valence-corrected chi connectivity index (χ0v) is 8.14. The lowest BCUT2D eigenvalue weighted by atomic mass is 10.3. The van der Waals surface area contributed by atoms with Crippen LogP contribution in [-0.2, 0) is 11.3 Å². The van der Waals surface area contributed by atoms with Gasteiger partial charge in [-0.1, -0.05) is 0 Å². The van der Waals surface area contributed by atoms with Crippen LogP contribution in [0.3, 0.4) is 0 Å². The van der Waals surface area contributed by atoms with Gasteiger partial charge in [0, 0.05) is 13.2 Å². The molecule has 1 aromatic heterocycles. The smallest absolute Gasteiger partial charge is 0.373 e. The van der Waals surface area contributed by atoms with Gasteiger partial charge in [-0.15, -0.1) is 0 Å². The molecule has 0 aliphatic rings. The van der Waals surface area contributed by atoms with Crippen LogP contribution in [-0.4, -0.2) is 24.8 Å². The number of nitrogens with zero attached hydrogens (tertiary/aromatic N) is 1. The Morgan fingerprint density at radius 2 is 2.20 bits per heavy atom. The molecule has 15 heavy (non-hydrogen) atoms. The number of ether oxygens (including phenoxy) is 1. The molecular formula is C9H11F3N2O. The SMILES string of the molecule is CNc1cc(COCC(F)(F)F)ccn1. The summed E-state index contributed by atoms with van der Waals surface area (Å²) >= 11 is 0. The van der Waals surface area contributed by atoms with Crippen molar-refractivity contribution in [3.8, 4) is 0 Å². The Balaban J connectivity index is 2.44. The topological polar surface area (TPSA) is 34.1 Å². The van der Waals surface area contributed by atoms with Crippen LogP contribution in [0, 0.1) is 0 Å². The van der Waals surface area contributed by atoms with E-state index in [1.165, 1.54) is 6.20 Å². The molecule has 1 aromatic rings. The third-order valence-electron chi connectivity index (χ3n) is 1.61. The molecule has 1 rings (SSSR count). The maximum Gasteiger partial charge on any atom is 0.411 e. The van der Waals surface area contributed by atoms with Gasteiger partial charge in [-0.2, -0.15) is 13.2 Å². The van der Waals surface area contributed by atoms with E-state index in [1.54, 1.807) is 19.2 Å². The first-order valence-corrected chi connectivity index (χ1v) is 4.28. The van der Waals surface area contributed by atoms with Crippen LogP contribution in [0.25, 0.3) is 0 Å². The van der Waals surface area contributed by atoms with E-state index < -0.39 is 12.8 Å². The largest absolute Gasteiger partial charge is 0.411 e. The summed E-state index contributed by atoms with van der Waals surface area (Å²) in [6, 6.07) is 3.24. The van der Waals surface area contributed by atoms with E-state index in [0.717, 1.165) is 0 Å². The van der Waals surface area contributed by atoms with Gasteiger partial charge in [0.2, 0.25) is 0 Å². The maximum absolute atomic E-state index is 11.8. The molecule has 0 spiro atoms. The molecule has 0 aromatic carbocycles. The number of anilines is 1. The van der Waals surface area contributed by atoms with Gasteiger partial charge in [-0.05, 0) is 17.7 Å². The minimum absolute atomic E-state index is 0.0727.